The molecule has 1 unspecified atom stereocenters. The van der Waals surface area contributed by atoms with Crippen LogP contribution in [0.3, 0.4) is 0 Å². The zero-order chi connectivity index (χ0) is 28.9. The molecule has 1 N–H and O–H groups in total. The van der Waals surface area contributed by atoms with Crippen molar-refractivity contribution in [2.24, 2.45) is 17.3 Å². The van der Waals surface area contributed by atoms with E-state index in [2.05, 4.69) is 30.7 Å². The van der Waals surface area contributed by atoms with Gasteiger partial charge in [0.05, 0.1) is 26.6 Å². The molecule has 2 heterocycles. The van der Waals surface area contributed by atoms with E-state index in [0.29, 0.717) is 37.3 Å². The van der Waals surface area contributed by atoms with Gasteiger partial charge in [-0.25, -0.2) is 4.98 Å². The molecule has 2 fully saturated rings. The smallest absolute Gasteiger partial charge is 0.303 e. The zero-order valence-corrected chi connectivity index (χ0v) is 24.7. The van der Waals surface area contributed by atoms with E-state index < -0.39 is 5.97 Å². The number of benzene rings is 1. The molecule has 1 aromatic heterocycles. The minimum absolute atomic E-state index is 0.0308. The highest BCUT2D eigenvalue weighted by atomic mass is 16.5. The lowest BCUT2D eigenvalue weighted by Crippen LogP contribution is -2.37. The van der Waals surface area contributed by atoms with E-state index in [9.17, 15) is 14.7 Å². The van der Waals surface area contributed by atoms with Crippen LogP contribution in [0, 0.1) is 17.3 Å². The molecule has 1 amide bonds. The Balaban J connectivity index is 1.35. The number of pyridine rings is 1. The molecule has 2 aromatic rings. The van der Waals surface area contributed by atoms with Crippen molar-refractivity contribution < 1.29 is 24.2 Å². The highest BCUT2D eigenvalue weighted by Crippen LogP contribution is 2.45. The van der Waals surface area contributed by atoms with E-state index in [1.807, 2.05) is 42.3 Å². The molecule has 0 spiro atoms. The second-order valence-corrected chi connectivity index (χ2v) is 12.7. The summed E-state index contributed by atoms with van der Waals surface area (Å²) in [5, 5.41) is 9.35. The van der Waals surface area contributed by atoms with Crippen LogP contribution in [0.2, 0.25) is 0 Å². The van der Waals surface area contributed by atoms with Crippen LogP contribution in [0.5, 0.6) is 11.6 Å². The molecule has 1 atom stereocenters. The summed E-state index contributed by atoms with van der Waals surface area (Å²) >= 11 is 0. The topological polar surface area (TPSA) is 92.2 Å². The summed E-state index contributed by atoms with van der Waals surface area (Å²) in [7, 11) is 3.55. The van der Waals surface area contributed by atoms with Crippen molar-refractivity contribution in [3.63, 3.8) is 0 Å². The third-order valence-electron chi connectivity index (χ3n) is 7.97. The van der Waals surface area contributed by atoms with Gasteiger partial charge in [0.2, 0.25) is 11.8 Å². The van der Waals surface area contributed by atoms with Gasteiger partial charge in [-0.3, -0.25) is 9.59 Å². The molecule has 40 heavy (non-hydrogen) atoms. The molecule has 1 aromatic carbocycles. The van der Waals surface area contributed by atoms with E-state index in [0.717, 1.165) is 61.3 Å². The molecule has 0 bridgehead atoms. The Labute approximate surface area is 238 Å². The Kier molecular flexibility index (Phi) is 9.59. The third kappa shape index (κ3) is 8.35. The molecule has 0 radical (unpaired) electrons. The van der Waals surface area contributed by atoms with Crippen LogP contribution in [-0.2, 0) is 16.0 Å². The predicted octanol–water partition coefficient (Wildman–Crippen LogP) is 5.40. The fourth-order valence-corrected chi connectivity index (χ4v) is 5.73. The van der Waals surface area contributed by atoms with Crippen LogP contribution >= 0.6 is 0 Å². The fourth-order valence-electron chi connectivity index (χ4n) is 5.73. The van der Waals surface area contributed by atoms with Crippen LogP contribution in [0.25, 0.3) is 0 Å². The number of ether oxygens (including phenoxy) is 2. The maximum absolute atomic E-state index is 13.0. The Hall–Kier alpha value is -3.29. The number of methoxy groups -OCH3 is 1. The predicted molar refractivity (Wildman–Crippen MR) is 156 cm³/mol. The second kappa shape index (κ2) is 12.9. The Morgan fingerprint density at radius 3 is 2.48 bits per heavy atom. The first kappa shape index (κ1) is 29.7. The van der Waals surface area contributed by atoms with Crippen molar-refractivity contribution >= 4 is 17.6 Å². The van der Waals surface area contributed by atoms with Gasteiger partial charge in [-0.2, -0.15) is 0 Å². The number of rotatable bonds is 12. The number of aromatic nitrogens is 1. The van der Waals surface area contributed by atoms with Gasteiger partial charge < -0.3 is 24.4 Å². The van der Waals surface area contributed by atoms with Crippen molar-refractivity contribution in [3.8, 4) is 11.6 Å². The number of hydrogen-bond acceptors (Lipinski definition) is 6. The summed E-state index contributed by atoms with van der Waals surface area (Å²) in [6.07, 6.45) is 6.36. The number of carbonyl (C=O) groups is 2. The van der Waals surface area contributed by atoms with E-state index in [-0.39, 0.29) is 23.7 Å². The number of piperidine rings is 1. The van der Waals surface area contributed by atoms with Gasteiger partial charge in [-0.1, -0.05) is 26.8 Å². The van der Waals surface area contributed by atoms with E-state index in [1.54, 1.807) is 13.3 Å². The van der Waals surface area contributed by atoms with Crippen LogP contribution < -0.4 is 14.4 Å². The zero-order valence-electron chi connectivity index (χ0n) is 24.7. The van der Waals surface area contributed by atoms with Crippen LogP contribution in [-0.4, -0.2) is 67.3 Å². The summed E-state index contributed by atoms with van der Waals surface area (Å²) in [6, 6.07) is 9.85. The van der Waals surface area contributed by atoms with Crippen LogP contribution in [0.4, 0.5) is 5.69 Å². The van der Waals surface area contributed by atoms with Crippen molar-refractivity contribution in [1.29, 1.82) is 0 Å². The minimum atomic E-state index is -0.761. The maximum atomic E-state index is 13.0. The lowest BCUT2D eigenvalue weighted by atomic mass is 9.92. The van der Waals surface area contributed by atoms with E-state index >= 15 is 0 Å². The molecule has 1 aliphatic carbocycles. The number of aliphatic carboxylic acids is 1. The molecule has 1 aliphatic heterocycles. The molecule has 1 saturated carbocycles. The Morgan fingerprint density at radius 2 is 1.85 bits per heavy atom. The summed E-state index contributed by atoms with van der Waals surface area (Å²) in [4.78, 5) is 33.0. The van der Waals surface area contributed by atoms with Gasteiger partial charge >= 0.3 is 5.97 Å². The molecule has 8 nitrogen and oxygen atoms in total. The fraction of sp³-hybridized carbons (Fsp3) is 0.594. The van der Waals surface area contributed by atoms with Crippen molar-refractivity contribution in [2.75, 3.05) is 45.3 Å². The number of anilines is 1. The molecule has 4 rings (SSSR count). The van der Waals surface area contributed by atoms with E-state index in [1.165, 1.54) is 0 Å². The van der Waals surface area contributed by atoms with Gasteiger partial charge in [0.25, 0.3) is 0 Å². The average Bonchev–Trinajstić information content (AvgIpc) is 3.76. The van der Waals surface area contributed by atoms with Gasteiger partial charge in [0.1, 0.15) is 5.75 Å². The maximum Gasteiger partial charge on any atom is 0.303 e. The largest absolute Gasteiger partial charge is 0.497 e. The highest BCUT2D eigenvalue weighted by Gasteiger charge is 2.34. The summed E-state index contributed by atoms with van der Waals surface area (Å²) < 4.78 is 11.6. The van der Waals surface area contributed by atoms with Crippen molar-refractivity contribution in [3.05, 3.63) is 47.7 Å². The van der Waals surface area contributed by atoms with Crippen molar-refractivity contribution in [2.45, 2.75) is 65.2 Å². The molecule has 218 valence electrons. The number of amides is 1. The highest BCUT2D eigenvalue weighted by molar-refractivity contribution is 5.81. The standard InChI is InChI=1S/C32H45N3O5/c1-32(2,3)21-34(4)30(36)17-25-8-9-26(39-5)18-28(25)35-14-11-22(12-15-35)20-40-29-16-24(10-13-33-29)27(19-31(37)38)23-6-7-23/h8-10,13,16,18,22-23,27H,6-7,11-12,14-15,17,19-21H2,1-5H3,(H,37,38). The average molecular weight is 552 g/mol. The number of carboxylic acid groups (broad SMARTS) is 1. The number of carboxylic acids is 1. The van der Waals surface area contributed by atoms with Gasteiger partial charge in [-0.15, -0.1) is 0 Å². The molecule has 1 saturated heterocycles. The van der Waals surface area contributed by atoms with Gasteiger partial charge in [0, 0.05) is 50.7 Å². The SMILES string of the molecule is COc1ccc(CC(=O)N(C)CC(C)(C)C)c(N2CCC(COc3cc(C(CC(=O)O)C4CC4)ccn3)CC2)c1. The van der Waals surface area contributed by atoms with Crippen LogP contribution in [0.1, 0.15) is 69.9 Å². The summed E-state index contributed by atoms with van der Waals surface area (Å²) in [5.41, 5.74) is 3.15. The molecular formula is C32H45N3O5. The minimum Gasteiger partial charge on any atom is -0.497 e. The van der Waals surface area contributed by atoms with Gasteiger partial charge in [0.15, 0.2) is 0 Å². The monoisotopic (exact) mass is 551 g/mol. The summed E-state index contributed by atoms with van der Waals surface area (Å²) in [6.45, 7) is 9.45. The number of likely N-dealkylation sites (N-methyl/N-ethyl adjacent to an activating group) is 1. The normalized spacial score (nSPS) is 16.9. The van der Waals surface area contributed by atoms with Gasteiger partial charge in [-0.05, 0) is 72.1 Å². The molecule has 8 heteroatoms. The number of carbonyl (C=O) groups excluding carboxylic acids is 1. The first-order chi connectivity index (χ1) is 19.0. The summed E-state index contributed by atoms with van der Waals surface area (Å²) in [5.74, 6) is 1.60. The third-order valence-corrected chi connectivity index (χ3v) is 7.97. The number of nitrogens with zero attached hydrogens (tertiary/aromatic N) is 3. The van der Waals surface area contributed by atoms with Crippen molar-refractivity contribution in [1.82, 2.24) is 9.88 Å². The quantitative estimate of drug-likeness (QED) is 0.378. The number of hydrogen-bond donors (Lipinski definition) is 1. The first-order valence-electron chi connectivity index (χ1n) is 14.5. The lowest BCUT2D eigenvalue weighted by Gasteiger charge is -2.35. The van der Waals surface area contributed by atoms with E-state index in [4.69, 9.17) is 9.47 Å². The Morgan fingerprint density at radius 1 is 1.12 bits per heavy atom. The first-order valence-corrected chi connectivity index (χ1v) is 14.5. The molecule has 2 aliphatic rings. The Bertz CT molecular complexity index is 1170. The lowest BCUT2D eigenvalue weighted by molar-refractivity contribution is -0.137. The molecular weight excluding hydrogens is 506 g/mol. The second-order valence-electron chi connectivity index (χ2n) is 12.7. The van der Waals surface area contributed by atoms with Crippen LogP contribution in [0.15, 0.2) is 36.5 Å².